The van der Waals surface area contributed by atoms with E-state index < -0.39 is 10.0 Å². The number of sulfonamides is 1. The molecule has 0 aliphatic rings. The quantitative estimate of drug-likeness (QED) is 0.188. The lowest BCUT2D eigenvalue weighted by Gasteiger charge is -2.21. The summed E-state index contributed by atoms with van der Waals surface area (Å²) in [5.41, 5.74) is 0.938. The van der Waals surface area contributed by atoms with Crippen molar-refractivity contribution < 1.29 is 8.42 Å². The predicted molar refractivity (Wildman–Crippen MR) is 138 cm³/mol. The molecule has 3 N–H and O–H groups in total. The first kappa shape index (κ1) is 29.1. The molecule has 0 bridgehead atoms. The van der Waals surface area contributed by atoms with Gasteiger partial charge in [-0.05, 0) is 51.9 Å². The van der Waals surface area contributed by atoms with Gasteiger partial charge in [-0.2, -0.15) is 0 Å². The molecule has 0 aliphatic heterocycles. The van der Waals surface area contributed by atoms with Crippen molar-refractivity contribution >= 4 is 40.0 Å². The fourth-order valence-electron chi connectivity index (χ4n) is 2.93. The van der Waals surface area contributed by atoms with Gasteiger partial charge in [0.25, 0.3) is 0 Å². The van der Waals surface area contributed by atoms with Crippen molar-refractivity contribution in [3.05, 3.63) is 35.9 Å². The summed E-state index contributed by atoms with van der Waals surface area (Å²) in [6.45, 7) is 13.0. The molecule has 0 spiro atoms. The first-order valence-electron chi connectivity index (χ1n) is 10.7. The molecule has 0 aliphatic carbocycles. The Morgan fingerprint density at radius 2 is 1.80 bits per heavy atom. The second-order valence-electron chi connectivity index (χ2n) is 7.10. The van der Waals surface area contributed by atoms with E-state index in [9.17, 15) is 8.42 Å². The Morgan fingerprint density at radius 3 is 2.40 bits per heavy atom. The third-order valence-corrected chi connectivity index (χ3v) is 6.01. The number of guanidine groups is 1. The van der Waals surface area contributed by atoms with Gasteiger partial charge < -0.3 is 15.5 Å². The molecule has 0 aromatic heterocycles. The SMILES string of the molecule is CCNC(=NCCS(=O)(=O)NCc1ccccc1)NC(C)CCCN(CC)CC.I. The van der Waals surface area contributed by atoms with Crippen LogP contribution in [0.5, 0.6) is 0 Å². The Hall–Kier alpha value is -0.910. The first-order chi connectivity index (χ1) is 13.9. The van der Waals surface area contributed by atoms with Gasteiger partial charge in [0.15, 0.2) is 5.96 Å². The van der Waals surface area contributed by atoms with Gasteiger partial charge >= 0.3 is 0 Å². The molecule has 174 valence electrons. The number of rotatable bonds is 14. The minimum atomic E-state index is -3.37. The molecular weight excluding hydrogens is 513 g/mol. The lowest BCUT2D eigenvalue weighted by Crippen LogP contribution is -2.43. The van der Waals surface area contributed by atoms with Crippen molar-refractivity contribution in [3.8, 4) is 0 Å². The molecule has 0 saturated carbocycles. The van der Waals surface area contributed by atoms with Gasteiger partial charge in [-0.1, -0.05) is 44.2 Å². The summed E-state index contributed by atoms with van der Waals surface area (Å²) >= 11 is 0. The van der Waals surface area contributed by atoms with Crippen molar-refractivity contribution in [3.63, 3.8) is 0 Å². The molecule has 0 radical (unpaired) electrons. The number of aliphatic imine (C=N–C) groups is 1. The molecule has 30 heavy (non-hydrogen) atoms. The van der Waals surface area contributed by atoms with E-state index in [0.717, 1.165) is 44.6 Å². The van der Waals surface area contributed by atoms with Crippen LogP contribution in [-0.4, -0.2) is 63.8 Å². The van der Waals surface area contributed by atoms with Crippen LogP contribution in [0.15, 0.2) is 35.3 Å². The number of hydrogen-bond donors (Lipinski definition) is 3. The molecule has 1 atom stereocenters. The molecule has 1 unspecified atom stereocenters. The monoisotopic (exact) mass is 553 g/mol. The average Bonchev–Trinajstić information content (AvgIpc) is 2.70. The molecule has 7 nitrogen and oxygen atoms in total. The zero-order valence-electron chi connectivity index (χ0n) is 18.9. The lowest BCUT2D eigenvalue weighted by atomic mass is 10.2. The highest BCUT2D eigenvalue weighted by molar-refractivity contribution is 14.0. The molecule has 0 fully saturated rings. The summed E-state index contributed by atoms with van der Waals surface area (Å²) in [4.78, 5) is 6.85. The highest BCUT2D eigenvalue weighted by Crippen LogP contribution is 2.01. The third-order valence-electron chi connectivity index (χ3n) is 4.70. The van der Waals surface area contributed by atoms with Gasteiger partial charge in [-0.15, -0.1) is 24.0 Å². The van der Waals surface area contributed by atoms with Crippen LogP contribution in [0, 0.1) is 0 Å². The van der Waals surface area contributed by atoms with Crippen LogP contribution in [0.25, 0.3) is 0 Å². The molecule has 9 heteroatoms. The molecule has 1 aromatic carbocycles. The zero-order valence-corrected chi connectivity index (χ0v) is 22.0. The Balaban J connectivity index is 0.00000841. The van der Waals surface area contributed by atoms with E-state index in [4.69, 9.17) is 0 Å². The van der Waals surface area contributed by atoms with Crippen LogP contribution in [0.3, 0.4) is 0 Å². The van der Waals surface area contributed by atoms with Gasteiger partial charge in [-0.3, -0.25) is 4.99 Å². The van der Waals surface area contributed by atoms with Crippen LogP contribution in [0.2, 0.25) is 0 Å². The molecule has 0 heterocycles. The minimum absolute atomic E-state index is 0. The molecular formula is C21H40IN5O2S. The van der Waals surface area contributed by atoms with Crippen molar-refractivity contribution in [2.75, 3.05) is 38.5 Å². The van der Waals surface area contributed by atoms with E-state index in [2.05, 4.69) is 46.0 Å². The largest absolute Gasteiger partial charge is 0.357 e. The summed E-state index contributed by atoms with van der Waals surface area (Å²) in [6, 6.07) is 9.77. The van der Waals surface area contributed by atoms with Crippen molar-refractivity contribution in [1.29, 1.82) is 0 Å². The normalized spacial score (nSPS) is 13.0. The zero-order chi connectivity index (χ0) is 21.5. The van der Waals surface area contributed by atoms with Gasteiger partial charge in [0.1, 0.15) is 0 Å². The van der Waals surface area contributed by atoms with E-state index in [0.29, 0.717) is 12.5 Å². The summed E-state index contributed by atoms with van der Waals surface area (Å²) in [6.07, 6.45) is 2.16. The van der Waals surface area contributed by atoms with Crippen molar-refractivity contribution in [1.82, 2.24) is 20.3 Å². The number of nitrogens with one attached hydrogen (secondary N) is 3. The van der Waals surface area contributed by atoms with Crippen LogP contribution in [0.1, 0.15) is 46.1 Å². The fourth-order valence-corrected chi connectivity index (χ4v) is 3.79. The first-order valence-corrected chi connectivity index (χ1v) is 12.3. The van der Waals surface area contributed by atoms with E-state index >= 15 is 0 Å². The van der Waals surface area contributed by atoms with E-state index in [-0.39, 0.29) is 42.3 Å². The third kappa shape index (κ3) is 13.4. The topological polar surface area (TPSA) is 85.8 Å². The molecule has 0 amide bonds. The summed E-state index contributed by atoms with van der Waals surface area (Å²) in [5.74, 6) is 0.633. The van der Waals surface area contributed by atoms with Gasteiger partial charge in [0.2, 0.25) is 10.0 Å². The van der Waals surface area contributed by atoms with Crippen LogP contribution in [-0.2, 0) is 16.6 Å². The number of benzene rings is 1. The second-order valence-corrected chi connectivity index (χ2v) is 9.03. The number of nitrogens with zero attached hydrogens (tertiary/aromatic N) is 2. The van der Waals surface area contributed by atoms with Gasteiger partial charge in [0.05, 0.1) is 12.3 Å². The van der Waals surface area contributed by atoms with Crippen molar-refractivity contribution in [2.45, 2.75) is 53.1 Å². The fraction of sp³-hybridized carbons (Fsp3) is 0.667. The standard InChI is InChI=1S/C21H39N5O2S.HI/c1-5-22-21(25-19(4)12-11-16-26(6-2)7-3)23-15-17-29(27,28)24-18-20-13-9-8-10-14-20;/h8-10,13-14,19,24H,5-7,11-12,15-18H2,1-4H3,(H2,22,23,25);1H. The Labute approximate surface area is 200 Å². The maximum Gasteiger partial charge on any atom is 0.213 e. The predicted octanol–water partition coefficient (Wildman–Crippen LogP) is 2.79. The molecule has 1 aromatic rings. The Kier molecular flexibility index (Phi) is 16.2. The second kappa shape index (κ2) is 16.7. The Bertz CT molecular complexity index is 682. The molecule has 1 rings (SSSR count). The summed E-state index contributed by atoms with van der Waals surface area (Å²) in [5, 5.41) is 6.57. The maximum atomic E-state index is 12.2. The minimum Gasteiger partial charge on any atom is -0.357 e. The summed E-state index contributed by atoms with van der Waals surface area (Å²) in [7, 11) is -3.37. The average molecular weight is 554 g/mol. The van der Waals surface area contributed by atoms with Crippen LogP contribution >= 0.6 is 24.0 Å². The van der Waals surface area contributed by atoms with Crippen LogP contribution < -0.4 is 15.4 Å². The summed E-state index contributed by atoms with van der Waals surface area (Å²) < 4.78 is 27.0. The van der Waals surface area contributed by atoms with Crippen molar-refractivity contribution in [2.24, 2.45) is 4.99 Å². The highest BCUT2D eigenvalue weighted by atomic mass is 127. The number of hydrogen-bond acceptors (Lipinski definition) is 4. The Morgan fingerprint density at radius 1 is 1.13 bits per heavy atom. The van der Waals surface area contributed by atoms with Crippen LogP contribution in [0.4, 0.5) is 0 Å². The van der Waals surface area contributed by atoms with E-state index in [1.807, 2.05) is 37.3 Å². The highest BCUT2D eigenvalue weighted by Gasteiger charge is 2.11. The lowest BCUT2D eigenvalue weighted by molar-refractivity contribution is 0.292. The van der Waals surface area contributed by atoms with Gasteiger partial charge in [0, 0.05) is 19.1 Å². The molecule has 0 saturated heterocycles. The van der Waals surface area contributed by atoms with E-state index in [1.165, 1.54) is 0 Å². The van der Waals surface area contributed by atoms with E-state index in [1.54, 1.807) is 0 Å². The maximum absolute atomic E-state index is 12.2. The van der Waals surface area contributed by atoms with Gasteiger partial charge in [-0.25, -0.2) is 13.1 Å². The smallest absolute Gasteiger partial charge is 0.213 e. The number of halogens is 1.